The fourth-order valence-electron chi connectivity index (χ4n) is 1.21. The van der Waals surface area contributed by atoms with Crippen molar-refractivity contribution in [1.82, 2.24) is 0 Å². The van der Waals surface area contributed by atoms with Crippen LogP contribution in [-0.2, 0) is 0 Å². The largest absolute Gasteiger partial charge is 0.573 e. The van der Waals surface area contributed by atoms with Gasteiger partial charge >= 0.3 is 6.36 Å². The van der Waals surface area contributed by atoms with Gasteiger partial charge in [-0.15, -0.1) is 13.2 Å². The van der Waals surface area contributed by atoms with E-state index >= 15 is 0 Å². The monoisotopic (exact) mass is 246 g/mol. The van der Waals surface area contributed by atoms with Crippen LogP contribution in [0.3, 0.4) is 0 Å². The Hall–Kier alpha value is -1.72. The van der Waals surface area contributed by atoms with Gasteiger partial charge in [0.2, 0.25) is 0 Å². The van der Waals surface area contributed by atoms with Gasteiger partial charge in [0.1, 0.15) is 5.75 Å². The van der Waals surface area contributed by atoms with Crippen molar-refractivity contribution < 1.29 is 17.9 Å². The third-order valence-electron chi connectivity index (χ3n) is 2.27. The zero-order chi connectivity index (χ0) is 13.1. The first kappa shape index (κ1) is 13.3. The Bertz CT molecular complexity index is 398. The van der Waals surface area contributed by atoms with Gasteiger partial charge in [0.05, 0.1) is 5.84 Å². The molecule has 1 aromatic carbocycles. The van der Waals surface area contributed by atoms with E-state index in [2.05, 4.69) is 9.73 Å². The van der Waals surface area contributed by atoms with Gasteiger partial charge in [-0.2, -0.15) is 0 Å². The van der Waals surface area contributed by atoms with E-state index in [1.54, 1.807) is 25.9 Å². The molecule has 0 fully saturated rings. The van der Waals surface area contributed by atoms with E-state index in [1.165, 1.54) is 24.3 Å². The molecule has 0 bridgehead atoms. The van der Waals surface area contributed by atoms with Crippen molar-refractivity contribution in [1.29, 1.82) is 0 Å². The Labute approximate surface area is 97.5 Å². The van der Waals surface area contributed by atoms with Gasteiger partial charge in [-0.3, -0.25) is 4.99 Å². The van der Waals surface area contributed by atoms with Gasteiger partial charge < -0.3 is 9.64 Å². The highest BCUT2D eigenvalue weighted by atomic mass is 19.4. The molecule has 0 heterocycles. The van der Waals surface area contributed by atoms with E-state index in [4.69, 9.17) is 0 Å². The number of nitrogens with zero attached hydrogens (tertiary/aromatic N) is 2. The number of aliphatic imine (C=N–C) groups is 1. The standard InChI is InChI=1S/C11H13F3N2O/c1-8(15-2)16(3)9-4-6-10(7-5-9)17-11(12,13)14/h4-7H,1-3H3/b15-8-. The number of benzene rings is 1. The number of rotatable bonds is 2. The lowest BCUT2D eigenvalue weighted by molar-refractivity contribution is -0.274. The van der Waals surface area contributed by atoms with Gasteiger partial charge in [0, 0.05) is 19.8 Å². The van der Waals surface area contributed by atoms with Crippen LogP contribution in [0.2, 0.25) is 0 Å². The number of anilines is 1. The maximum atomic E-state index is 11.9. The van der Waals surface area contributed by atoms with E-state index in [0.29, 0.717) is 0 Å². The van der Waals surface area contributed by atoms with Gasteiger partial charge in [-0.1, -0.05) is 0 Å². The molecule has 0 aliphatic heterocycles. The fraction of sp³-hybridized carbons (Fsp3) is 0.364. The zero-order valence-corrected chi connectivity index (χ0v) is 9.75. The normalized spacial score (nSPS) is 12.5. The molecule has 0 unspecified atom stereocenters. The molecule has 0 atom stereocenters. The molecular formula is C11H13F3N2O. The van der Waals surface area contributed by atoms with E-state index < -0.39 is 6.36 Å². The van der Waals surface area contributed by atoms with Crippen LogP contribution >= 0.6 is 0 Å². The molecule has 0 saturated carbocycles. The molecule has 1 rings (SSSR count). The summed E-state index contributed by atoms with van der Waals surface area (Å²) in [5.74, 6) is 0.523. The number of halogens is 3. The molecule has 1 aromatic rings. The second-order valence-electron chi connectivity index (χ2n) is 3.37. The Balaban J connectivity index is 2.81. The van der Waals surface area contributed by atoms with Crippen LogP contribution in [0, 0.1) is 0 Å². The second-order valence-corrected chi connectivity index (χ2v) is 3.37. The number of hydrogen-bond acceptors (Lipinski definition) is 2. The SMILES string of the molecule is C/N=C(/C)N(C)c1ccc(OC(F)(F)F)cc1. The Morgan fingerprint density at radius 1 is 1.24 bits per heavy atom. The molecule has 0 amide bonds. The summed E-state index contributed by atoms with van der Waals surface area (Å²) < 4.78 is 39.6. The molecule has 0 aliphatic rings. The third kappa shape index (κ3) is 3.97. The first-order valence-electron chi connectivity index (χ1n) is 4.86. The summed E-state index contributed by atoms with van der Waals surface area (Å²) in [6.07, 6.45) is -4.66. The van der Waals surface area contributed by atoms with Gasteiger partial charge in [-0.25, -0.2) is 0 Å². The van der Waals surface area contributed by atoms with Crippen molar-refractivity contribution in [2.24, 2.45) is 4.99 Å². The Kier molecular flexibility index (Phi) is 3.98. The van der Waals surface area contributed by atoms with Gasteiger partial charge in [0.25, 0.3) is 0 Å². The van der Waals surface area contributed by atoms with Crippen LogP contribution < -0.4 is 9.64 Å². The first-order valence-corrected chi connectivity index (χ1v) is 4.86. The minimum atomic E-state index is -4.66. The van der Waals surface area contributed by atoms with Crippen LogP contribution in [0.1, 0.15) is 6.92 Å². The van der Waals surface area contributed by atoms with E-state index in [9.17, 15) is 13.2 Å². The van der Waals surface area contributed by atoms with Crippen molar-refractivity contribution in [3.05, 3.63) is 24.3 Å². The summed E-state index contributed by atoms with van der Waals surface area (Å²) in [5, 5.41) is 0. The first-order chi connectivity index (χ1) is 7.83. The van der Waals surface area contributed by atoms with Crippen molar-refractivity contribution >= 4 is 11.5 Å². The molecule has 0 spiro atoms. The molecule has 0 aliphatic carbocycles. The van der Waals surface area contributed by atoms with Crippen LogP contribution in [0.4, 0.5) is 18.9 Å². The fourth-order valence-corrected chi connectivity index (χ4v) is 1.21. The van der Waals surface area contributed by atoms with E-state index in [0.717, 1.165) is 11.5 Å². The lowest BCUT2D eigenvalue weighted by Crippen LogP contribution is -2.23. The predicted octanol–water partition coefficient (Wildman–Crippen LogP) is 3.07. The van der Waals surface area contributed by atoms with Crippen LogP contribution in [0.5, 0.6) is 5.75 Å². The molecule has 17 heavy (non-hydrogen) atoms. The van der Waals surface area contributed by atoms with Crippen LogP contribution in [-0.4, -0.2) is 26.3 Å². The van der Waals surface area contributed by atoms with Crippen LogP contribution in [0.25, 0.3) is 0 Å². The Morgan fingerprint density at radius 2 is 1.76 bits per heavy atom. The molecule has 0 N–H and O–H groups in total. The minimum absolute atomic E-state index is 0.235. The Morgan fingerprint density at radius 3 is 2.18 bits per heavy atom. The van der Waals surface area contributed by atoms with Gasteiger partial charge in [0.15, 0.2) is 0 Å². The van der Waals surface area contributed by atoms with Crippen molar-refractivity contribution in [3.8, 4) is 5.75 Å². The minimum Gasteiger partial charge on any atom is -0.406 e. The summed E-state index contributed by atoms with van der Waals surface area (Å²) in [6, 6.07) is 5.61. The maximum absolute atomic E-state index is 11.9. The quantitative estimate of drug-likeness (QED) is 0.591. The molecule has 0 radical (unpaired) electrons. The summed E-state index contributed by atoms with van der Waals surface area (Å²) in [6.45, 7) is 1.81. The summed E-state index contributed by atoms with van der Waals surface area (Å²) in [7, 11) is 3.43. The molecule has 94 valence electrons. The van der Waals surface area contributed by atoms with E-state index in [-0.39, 0.29) is 5.75 Å². The molecular weight excluding hydrogens is 233 g/mol. The number of ether oxygens (including phenoxy) is 1. The summed E-state index contributed by atoms with van der Waals surface area (Å²) in [4.78, 5) is 5.74. The molecule has 6 heteroatoms. The lowest BCUT2D eigenvalue weighted by atomic mass is 10.3. The van der Waals surface area contributed by atoms with Crippen molar-refractivity contribution in [2.45, 2.75) is 13.3 Å². The lowest BCUT2D eigenvalue weighted by Gasteiger charge is -2.18. The molecule has 3 nitrogen and oxygen atoms in total. The maximum Gasteiger partial charge on any atom is 0.573 e. The number of alkyl halides is 3. The highest BCUT2D eigenvalue weighted by molar-refractivity contribution is 5.95. The van der Waals surface area contributed by atoms with E-state index in [1.807, 2.05) is 0 Å². The average molecular weight is 246 g/mol. The summed E-state index contributed by atoms with van der Waals surface area (Å²) in [5.41, 5.74) is 0.739. The second kappa shape index (κ2) is 5.07. The highest BCUT2D eigenvalue weighted by Gasteiger charge is 2.30. The molecule has 0 saturated heterocycles. The smallest absolute Gasteiger partial charge is 0.406 e. The van der Waals surface area contributed by atoms with Crippen molar-refractivity contribution in [3.63, 3.8) is 0 Å². The highest BCUT2D eigenvalue weighted by Crippen LogP contribution is 2.25. The van der Waals surface area contributed by atoms with Crippen molar-refractivity contribution in [2.75, 3.05) is 19.0 Å². The average Bonchev–Trinajstić information content (AvgIpc) is 2.26. The number of hydrogen-bond donors (Lipinski definition) is 0. The zero-order valence-electron chi connectivity index (χ0n) is 9.75. The summed E-state index contributed by atoms with van der Waals surface area (Å²) >= 11 is 0. The number of amidine groups is 1. The predicted molar refractivity (Wildman–Crippen MR) is 60.6 cm³/mol. The molecule has 0 aromatic heterocycles. The van der Waals surface area contributed by atoms with Crippen LogP contribution in [0.15, 0.2) is 29.3 Å². The van der Waals surface area contributed by atoms with Gasteiger partial charge in [-0.05, 0) is 31.2 Å². The third-order valence-corrected chi connectivity index (χ3v) is 2.27. The topological polar surface area (TPSA) is 24.8 Å².